The number of amides is 1. The lowest BCUT2D eigenvalue weighted by molar-refractivity contribution is -0.120. The third-order valence-corrected chi connectivity index (χ3v) is 3.46. The molecule has 0 atom stereocenters. The second-order valence-electron chi connectivity index (χ2n) is 4.49. The third kappa shape index (κ3) is 3.08. The molecule has 19 heavy (non-hydrogen) atoms. The van der Waals surface area contributed by atoms with Gasteiger partial charge in [0.2, 0.25) is 5.91 Å². The average Bonchev–Trinajstić information content (AvgIpc) is 2.76. The lowest BCUT2D eigenvalue weighted by atomic mass is 10.2. The lowest BCUT2D eigenvalue weighted by Crippen LogP contribution is -2.17. The van der Waals surface area contributed by atoms with Crippen LogP contribution in [0.1, 0.15) is 18.4 Å². The Hall–Kier alpha value is -1.52. The fraction of sp³-hybridized carbons (Fsp3) is 0.357. The summed E-state index contributed by atoms with van der Waals surface area (Å²) in [5, 5.41) is 4.47. The van der Waals surface area contributed by atoms with Crippen molar-refractivity contribution in [2.45, 2.75) is 25.9 Å². The molecule has 0 aliphatic carbocycles. The Kier molecular flexibility index (Phi) is 4.45. The van der Waals surface area contributed by atoms with Gasteiger partial charge in [-0.2, -0.15) is 0 Å². The summed E-state index contributed by atoms with van der Waals surface area (Å²) < 4.78 is 2.12. The molecule has 0 saturated carbocycles. The maximum atomic E-state index is 11.2. The smallest absolute Gasteiger partial charge is 0.219 e. The molecule has 0 unspecified atom stereocenters. The summed E-state index contributed by atoms with van der Waals surface area (Å²) in [7, 11) is 1.65. The molecule has 4 nitrogen and oxygen atoms in total. The molecular weight excluding hydrogens is 262 g/mol. The Morgan fingerprint density at radius 3 is 2.95 bits per heavy atom. The zero-order chi connectivity index (χ0) is 13.8. The molecule has 0 fully saturated rings. The van der Waals surface area contributed by atoms with Gasteiger partial charge >= 0.3 is 0 Å². The van der Waals surface area contributed by atoms with Gasteiger partial charge in [-0.25, -0.2) is 0 Å². The van der Waals surface area contributed by atoms with Gasteiger partial charge in [0.05, 0.1) is 0 Å². The highest BCUT2D eigenvalue weighted by molar-refractivity contribution is 6.31. The van der Waals surface area contributed by atoms with Crippen LogP contribution < -0.4 is 11.1 Å². The number of nitrogens with zero attached hydrogens (tertiary/aromatic N) is 1. The molecule has 0 aliphatic heterocycles. The van der Waals surface area contributed by atoms with Crippen LogP contribution in [0.3, 0.4) is 0 Å². The molecule has 0 saturated heterocycles. The van der Waals surface area contributed by atoms with E-state index in [4.69, 9.17) is 17.3 Å². The van der Waals surface area contributed by atoms with E-state index in [1.54, 1.807) is 7.05 Å². The molecule has 1 aromatic heterocycles. The van der Waals surface area contributed by atoms with Gasteiger partial charge in [-0.15, -0.1) is 0 Å². The quantitative estimate of drug-likeness (QED) is 0.882. The first-order valence-electron chi connectivity index (χ1n) is 6.33. The third-order valence-electron chi connectivity index (χ3n) is 3.23. The molecule has 0 aliphatic rings. The van der Waals surface area contributed by atoms with Crippen LogP contribution in [0.5, 0.6) is 0 Å². The summed E-state index contributed by atoms with van der Waals surface area (Å²) in [5.74, 6) is 0.0635. The predicted molar refractivity (Wildman–Crippen MR) is 78.1 cm³/mol. The number of nitrogens with one attached hydrogen (secondary N) is 1. The van der Waals surface area contributed by atoms with Crippen LogP contribution in [0.25, 0.3) is 10.9 Å². The van der Waals surface area contributed by atoms with Crippen LogP contribution in [-0.2, 0) is 17.9 Å². The number of aryl methyl sites for hydroxylation is 1. The Balaban J connectivity index is 2.22. The second-order valence-corrected chi connectivity index (χ2v) is 4.93. The summed E-state index contributed by atoms with van der Waals surface area (Å²) in [6.45, 7) is 1.28. The lowest BCUT2D eigenvalue weighted by Gasteiger charge is -2.05. The molecule has 102 valence electrons. The minimum atomic E-state index is 0.0635. The fourth-order valence-electron chi connectivity index (χ4n) is 2.22. The van der Waals surface area contributed by atoms with Crippen LogP contribution in [0.4, 0.5) is 0 Å². The van der Waals surface area contributed by atoms with Gasteiger partial charge in [-0.3, -0.25) is 4.79 Å². The number of hydrogen-bond acceptors (Lipinski definition) is 2. The number of carbonyl (C=O) groups excluding carboxylic acids is 1. The van der Waals surface area contributed by atoms with Gasteiger partial charge < -0.3 is 15.6 Å². The van der Waals surface area contributed by atoms with E-state index in [0.717, 1.165) is 29.4 Å². The highest BCUT2D eigenvalue weighted by atomic mass is 35.5. The summed E-state index contributed by atoms with van der Waals surface area (Å²) in [5.41, 5.74) is 7.93. The molecule has 2 aromatic rings. The molecule has 1 heterocycles. The predicted octanol–water partition coefficient (Wildman–Crippen LogP) is 2.28. The van der Waals surface area contributed by atoms with E-state index < -0.39 is 0 Å². The highest BCUT2D eigenvalue weighted by Crippen LogP contribution is 2.25. The molecule has 0 bridgehead atoms. The van der Waals surface area contributed by atoms with E-state index in [1.807, 2.05) is 24.4 Å². The number of rotatable bonds is 5. The Morgan fingerprint density at radius 2 is 2.26 bits per heavy atom. The number of carbonyl (C=O) groups is 1. The molecule has 0 spiro atoms. The summed E-state index contributed by atoms with van der Waals surface area (Å²) in [6.07, 6.45) is 3.36. The fourth-order valence-corrected chi connectivity index (χ4v) is 2.39. The van der Waals surface area contributed by atoms with Crippen molar-refractivity contribution in [3.8, 4) is 0 Å². The molecule has 2 rings (SSSR count). The van der Waals surface area contributed by atoms with E-state index >= 15 is 0 Å². The van der Waals surface area contributed by atoms with Gasteiger partial charge in [0.15, 0.2) is 0 Å². The van der Waals surface area contributed by atoms with E-state index in [0.29, 0.717) is 18.0 Å². The van der Waals surface area contributed by atoms with Gasteiger partial charge in [0, 0.05) is 48.7 Å². The Labute approximate surface area is 117 Å². The first-order valence-corrected chi connectivity index (χ1v) is 6.71. The number of nitrogens with two attached hydrogens (primary N) is 1. The number of aromatic nitrogens is 1. The van der Waals surface area contributed by atoms with Crippen molar-refractivity contribution in [3.63, 3.8) is 0 Å². The Bertz CT molecular complexity index is 592. The minimum absolute atomic E-state index is 0.0635. The van der Waals surface area contributed by atoms with Gasteiger partial charge in [0.1, 0.15) is 0 Å². The first kappa shape index (κ1) is 13.9. The van der Waals surface area contributed by atoms with Crippen molar-refractivity contribution >= 4 is 28.4 Å². The van der Waals surface area contributed by atoms with Crippen LogP contribution in [0, 0.1) is 0 Å². The zero-order valence-corrected chi connectivity index (χ0v) is 11.7. The highest BCUT2D eigenvalue weighted by Gasteiger charge is 2.08. The number of halogens is 1. The van der Waals surface area contributed by atoms with Gasteiger partial charge in [0.25, 0.3) is 0 Å². The molecular formula is C14H18ClN3O. The summed E-state index contributed by atoms with van der Waals surface area (Å²) in [6, 6.07) is 5.81. The number of benzene rings is 1. The van der Waals surface area contributed by atoms with Crippen LogP contribution >= 0.6 is 11.6 Å². The first-order chi connectivity index (χ1) is 9.15. The largest absolute Gasteiger partial charge is 0.359 e. The van der Waals surface area contributed by atoms with E-state index in [2.05, 4.69) is 9.88 Å². The van der Waals surface area contributed by atoms with Crippen LogP contribution in [0.2, 0.25) is 5.02 Å². The van der Waals surface area contributed by atoms with E-state index in [1.165, 1.54) is 0 Å². The monoisotopic (exact) mass is 279 g/mol. The summed E-state index contributed by atoms with van der Waals surface area (Å²) >= 11 is 6.04. The van der Waals surface area contributed by atoms with Crippen molar-refractivity contribution < 1.29 is 4.79 Å². The number of hydrogen-bond donors (Lipinski definition) is 2. The molecule has 3 N–H and O–H groups in total. The normalized spacial score (nSPS) is 10.9. The van der Waals surface area contributed by atoms with Gasteiger partial charge in [-0.1, -0.05) is 17.7 Å². The van der Waals surface area contributed by atoms with Crippen molar-refractivity contribution in [1.29, 1.82) is 0 Å². The molecule has 1 aromatic carbocycles. The van der Waals surface area contributed by atoms with Crippen molar-refractivity contribution in [1.82, 2.24) is 9.88 Å². The van der Waals surface area contributed by atoms with Crippen LogP contribution in [0.15, 0.2) is 24.4 Å². The maximum Gasteiger partial charge on any atom is 0.219 e. The maximum absolute atomic E-state index is 11.2. The van der Waals surface area contributed by atoms with E-state index in [-0.39, 0.29) is 5.91 Å². The second kappa shape index (κ2) is 6.08. The zero-order valence-electron chi connectivity index (χ0n) is 10.9. The van der Waals surface area contributed by atoms with E-state index in [9.17, 15) is 4.79 Å². The van der Waals surface area contributed by atoms with Crippen LogP contribution in [-0.4, -0.2) is 17.5 Å². The Morgan fingerprint density at radius 1 is 1.47 bits per heavy atom. The van der Waals surface area contributed by atoms with Crippen molar-refractivity contribution in [2.75, 3.05) is 7.05 Å². The topological polar surface area (TPSA) is 60.0 Å². The summed E-state index contributed by atoms with van der Waals surface area (Å²) in [4.78, 5) is 11.2. The number of fused-ring (bicyclic) bond motifs is 1. The molecule has 1 amide bonds. The standard InChI is InChI=1S/C14H18ClN3O/c1-17-14(19)3-2-6-18-9-10(8-16)12-5-4-11(15)7-13(12)18/h4-5,7,9H,2-3,6,8,16H2,1H3,(H,17,19). The average molecular weight is 280 g/mol. The molecule has 0 radical (unpaired) electrons. The van der Waals surface area contributed by atoms with Crippen molar-refractivity contribution in [3.05, 3.63) is 35.0 Å². The van der Waals surface area contributed by atoms with Gasteiger partial charge in [-0.05, 0) is 24.1 Å². The SMILES string of the molecule is CNC(=O)CCCn1cc(CN)c2ccc(Cl)cc21. The van der Waals surface area contributed by atoms with Crippen molar-refractivity contribution in [2.24, 2.45) is 5.73 Å². The molecule has 5 heteroatoms. The minimum Gasteiger partial charge on any atom is -0.359 e.